The van der Waals surface area contributed by atoms with Gasteiger partial charge in [-0.3, -0.25) is 9.59 Å². The average Bonchev–Trinajstić information content (AvgIpc) is 3.20. The number of carbonyl (C=O) groups is 2. The molecular weight excluding hydrogens is 444 g/mol. The minimum absolute atomic E-state index is 0.121. The second kappa shape index (κ2) is 9.27. The van der Waals surface area contributed by atoms with Gasteiger partial charge < -0.3 is 5.32 Å². The molecular formula is C27H24N4O2S. The molecule has 3 aromatic rings. The van der Waals surface area contributed by atoms with E-state index in [9.17, 15) is 9.59 Å². The lowest BCUT2D eigenvalue weighted by Gasteiger charge is -2.27. The van der Waals surface area contributed by atoms with Gasteiger partial charge in [-0.15, -0.1) is 0 Å². The molecule has 0 bridgehead atoms. The number of hydrogen-bond donors (Lipinski definition) is 1. The summed E-state index contributed by atoms with van der Waals surface area (Å²) in [4.78, 5) is 37.8. The van der Waals surface area contributed by atoms with E-state index in [4.69, 9.17) is 9.98 Å². The van der Waals surface area contributed by atoms with Crippen molar-refractivity contribution in [3.8, 4) is 0 Å². The monoisotopic (exact) mass is 468 g/mol. The summed E-state index contributed by atoms with van der Waals surface area (Å²) in [6, 6.07) is 24.3. The van der Waals surface area contributed by atoms with Crippen molar-refractivity contribution >= 4 is 46.0 Å². The van der Waals surface area contributed by atoms with Gasteiger partial charge in [0, 0.05) is 11.3 Å². The van der Waals surface area contributed by atoms with Crippen molar-refractivity contribution in [1.29, 1.82) is 0 Å². The number of fused-ring (bicyclic) bond motifs is 3. The highest BCUT2D eigenvalue weighted by molar-refractivity contribution is 8.15. The normalized spacial score (nSPS) is 17.4. The van der Waals surface area contributed by atoms with Gasteiger partial charge >= 0.3 is 0 Å². The summed E-state index contributed by atoms with van der Waals surface area (Å²) in [5.41, 5.74) is 4.22. The van der Waals surface area contributed by atoms with Gasteiger partial charge in [-0.2, -0.15) is 0 Å². The van der Waals surface area contributed by atoms with E-state index in [0.717, 1.165) is 28.1 Å². The van der Waals surface area contributed by atoms with Crippen molar-refractivity contribution in [2.75, 3.05) is 5.32 Å². The molecule has 2 aliphatic rings. The molecule has 5 rings (SSSR count). The van der Waals surface area contributed by atoms with Crippen LogP contribution in [0.1, 0.15) is 36.1 Å². The number of nitrogens with zero attached hydrogens (tertiary/aromatic N) is 3. The first-order valence-electron chi connectivity index (χ1n) is 11.2. The molecule has 0 radical (unpaired) electrons. The van der Waals surface area contributed by atoms with Crippen LogP contribution in [0.5, 0.6) is 0 Å². The molecule has 0 saturated carbocycles. The number of thioether (sulfide) groups is 1. The van der Waals surface area contributed by atoms with Gasteiger partial charge in [0.1, 0.15) is 5.84 Å². The summed E-state index contributed by atoms with van der Waals surface area (Å²) >= 11 is 1.30. The van der Waals surface area contributed by atoms with E-state index in [1.165, 1.54) is 11.8 Å². The Morgan fingerprint density at radius 1 is 1.06 bits per heavy atom. The first-order valence-corrected chi connectivity index (χ1v) is 12.1. The number of aryl methyl sites for hydroxylation is 1. The van der Waals surface area contributed by atoms with Crippen molar-refractivity contribution in [2.45, 2.75) is 31.6 Å². The van der Waals surface area contributed by atoms with E-state index in [-0.39, 0.29) is 11.8 Å². The number of para-hydroxylation sites is 1. The maximum absolute atomic E-state index is 13.5. The maximum atomic E-state index is 13.5. The first kappa shape index (κ1) is 22.1. The zero-order valence-corrected chi connectivity index (χ0v) is 19.8. The number of benzene rings is 3. The number of amides is 2. The molecule has 0 aliphatic carbocycles. The van der Waals surface area contributed by atoms with E-state index >= 15 is 0 Å². The smallest absolute Gasteiger partial charge is 0.263 e. The van der Waals surface area contributed by atoms with E-state index in [0.29, 0.717) is 17.4 Å². The highest BCUT2D eigenvalue weighted by Crippen LogP contribution is 2.38. The molecule has 6 nitrogen and oxygen atoms in total. The van der Waals surface area contributed by atoms with Crippen LogP contribution in [-0.4, -0.2) is 33.0 Å². The van der Waals surface area contributed by atoms with Gasteiger partial charge in [-0.25, -0.2) is 14.9 Å². The van der Waals surface area contributed by atoms with Crippen molar-refractivity contribution in [2.24, 2.45) is 9.98 Å². The Balaban J connectivity index is 1.46. The third-order valence-electron chi connectivity index (χ3n) is 5.78. The average molecular weight is 469 g/mol. The van der Waals surface area contributed by atoms with Gasteiger partial charge in [0.2, 0.25) is 5.91 Å². The molecule has 0 aromatic heterocycles. The third-order valence-corrected chi connectivity index (χ3v) is 7.10. The molecule has 0 unspecified atom stereocenters. The largest absolute Gasteiger partial charge is 0.325 e. The maximum Gasteiger partial charge on any atom is 0.263 e. The van der Waals surface area contributed by atoms with Gasteiger partial charge in [0.15, 0.2) is 11.2 Å². The van der Waals surface area contributed by atoms with Crippen molar-refractivity contribution in [1.82, 2.24) is 4.90 Å². The summed E-state index contributed by atoms with van der Waals surface area (Å²) in [6.45, 7) is 3.94. The summed E-state index contributed by atoms with van der Waals surface area (Å²) in [5, 5.41) is 3.06. The molecule has 1 N–H and O–H groups in total. The lowest BCUT2D eigenvalue weighted by atomic mass is 10.1. The third kappa shape index (κ3) is 4.15. The molecule has 2 aliphatic heterocycles. The van der Waals surface area contributed by atoms with Crippen LogP contribution in [0.4, 0.5) is 11.4 Å². The fourth-order valence-electron chi connectivity index (χ4n) is 4.08. The van der Waals surface area contributed by atoms with Gasteiger partial charge in [-0.1, -0.05) is 73.3 Å². The lowest BCUT2D eigenvalue weighted by Crippen LogP contribution is -2.41. The summed E-state index contributed by atoms with van der Waals surface area (Å²) in [5.74, 6) is 0.307. The van der Waals surface area contributed by atoms with E-state index in [1.54, 1.807) is 4.90 Å². The molecule has 2 heterocycles. The van der Waals surface area contributed by atoms with E-state index in [1.807, 2.05) is 92.7 Å². The Hall–Kier alpha value is -3.71. The standard InChI is InChI=1S/C27H24N4O2S/c1-3-22(25(32)28-19-13-9-10-17(2)16-19)34-27-29-21-15-8-7-14-20(21)24-30-23(26(33)31(24)27)18-11-5-4-6-12-18/h4-16,22-23H,3H2,1-2H3,(H,28,32)/t22-,23+/m0/s1. The predicted molar refractivity (Wildman–Crippen MR) is 138 cm³/mol. The molecule has 3 aromatic carbocycles. The Morgan fingerprint density at radius 2 is 1.82 bits per heavy atom. The fraction of sp³-hybridized carbons (Fsp3) is 0.185. The molecule has 170 valence electrons. The van der Waals surface area contributed by atoms with Gasteiger partial charge in [-0.05, 0) is 48.7 Å². The number of carbonyl (C=O) groups excluding carboxylic acids is 2. The predicted octanol–water partition coefficient (Wildman–Crippen LogP) is 5.48. The molecule has 2 amide bonds. The topological polar surface area (TPSA) is 74.1 Å². The SMILES string of the molecule is CC[C@H](SC1=Nc2ccccc2C2=N[C@H](c3ccccc3)C(=O)N12)C(=O)Nc1cccc(C)c1. The second-order valence-electron chi connectivity index (χ2n) is 8.22. The number of hydrogen-bond acceptors (Lipinski definition) is 5. The number of anilines is 1. The van der Waals surface area contributed by atoms with Crippen LogP contribution in [-0.2, 0) is 9.59 Å². The minimum Gasteiger partial charge on any atom is -0.325 e. The molecule has 34 heavy (non-hydrogen) atoms. The van der Waals surface area contributed by atoms with Crippen LogP contribution in [0.15, 0.2) is 88.8 Å². The highest BCUT2D eigenvalue weighted by atomic mass is 32.2. The van der Waals surface area contributed by atoms with Crippen molar-refractivity contribution in [3.63, 3.8) is 0 Å². The molecule has 2 atom stereocenters. The molecule has 0 spiro atoms. The summed E-state index contributed by atoms with van der Waals surface area (Å²) < 4.78 is 0. The minimum atomic E-state index is -0.630. The van der Waals surface area contributed by atoms with E-state index in [2.05, 4.69) is 5.32 Å². The lowest BCUT2D eigenvalue weighted by molar-refractivity contribution is -0.124. The number of nitrogens with one attached hydrogen (secondary N) is 1. The summed E-state index contributed by atoms with van der Waals surface area (Å²) in [7, 11) is 0. The zero-order chi connectivity index (χ0) is 23.7. The molecule has 0 saturated heterocycles. The zero-order valence-electron chi connectivity index (χ0n) is 18.9. The van der Waals surface area contributed by atoms with E-state index < -0.39 is 11.3 Å². The Morgan fingerprint density at radius 3 is 2.59 bits per heavy atom. The Bertz CT molecular complexity index is 1320. The Kier molecular flexibility index (Phi) is 6.02. The quantitative estimate of drug-likeness (QED) is 0.539. The van der Waals surface area contributed by atoms with Crippen LogP contribution in [0.25, 0.3) is 0 Å². The van der Waals surface area contributed by atoms with Crippen LogP contribution in [0.3, 0.4) is 0 Å². The van der Waals surface area contributed by atoms with Crippen LogP contribution in [0, 0.1) is 6.92 Å². The second-order valence-corrected chi connectivity index (χ2v) is 9.39. The molecule has 0 fully saturated rings. The van der Waals surface area contributed by atoms with Crippen molar-refractivity contribution in [3.05, 3.63) is 95.6 Å². The van der Waals surface area contributed by atoms with Crippen molar-refractivity contribution < 1.29 is 9.59 Å². The summed E-state index contributed by atoms with van der Waals surface area (Å²) in [6.07, 6.45) is 0.583. The molecule has 7 heteroatoms. The number of rotatable bonds is 5. The highest BCUT2D eigenvalue weighted by Gasteiger charge is 2.43. The van der Waals surface area contributed by atoms with Gasteiger partial charge in [0.25, 0.3) is 5.91 Å². The van der Waals surface area contributed by atoms with Crippen LogP contribution < -0.4 is 5.32 Å². The number of aliphatic imine (C=N–C) groups is 2. The number of amidine groups is 2. The Labute approximate surface area is 202 Å². The fourth-order valence-corrected chi connectivity index (χ4v) is 5.10. The van der Waals surface area contributed by atoms with Crippen LogP contribution >= 0.6 is 11.8 Å². The van der Waals surface area contributed by atoms with Crippen LogP contribution in [0.2, 0.25) is 0 Å². The van der Waals surface area contributed by atoms with Gasteiger partial charge in [0.05, 0.1) is 10.9 Å². The first-order chi connectivity index (χ1) is 16.5.